The minimum Gasteiger partial charge on any atom is -0.489 e. The van der Waals surface area contributed by atoms with Crippen LogP contribution in [0.4, 0.5) is 0 Å². The Bertz CT molecular complexity index is 933. The largest absolute Gasteiger partial charge is 0.489 e. The van der Waals surface area contributed by atoms with Crippen molar-refractivity contribution in [1.82, 2.24) is 14.1 Å². The van der Waals surface area contributed by atoms with Crippen molar-refractivity contribution in [3.8, 4) is 5.75 Å². The first-order valence-electron chi connectivity index (χ1n) is 8.82. The van der Waals surface area contributed by atoms with Gasteiger partial charge < -0.3 is 4.74 Å². The maximum absolute atomic E-state index is 13.1. The molecule has 1 aromatic carbocycles. The minimum atomic E-state index is -3.55. The van der Waals surface area contributed by atoms with Crippen LogP contribution in [0.25, 0.3) is 0 Å². The maximum Gasteiger partial charge on any atom is 0.243 e. The summed E-state index contributed by atoms with van der Waals surface area (Å²) >= 11 is 6.27. The van der Waals surface area contributed by atoms with Crippen LogP contribution in [0, 0.1) is 0 Å². The fraction of sp³-hybridized carbons (Fsp3) is 0.500. The quantitative estimate of drug-likeness (QED) is 0.801. The molecule has 0 N–H and O–H groups in total. The zero-order valence-electron chi connectivity index (χ0n) is 14.9. The highest BCUT2D eigenvalue weighted by Gasteiger charge is 2.32. The Hall–Kier alpha value is -1.57. The second-order valence-electron chi connectivity index (χ2n) is 7.15. The third-order valence-electron chi connectivity index (χ3n) is 5.21. The van der Waals surface area contributed by atoms with Gasteiger partial charge in [0.15, 0.2) is 0 Å². The zero-order valence-corrected chi connectivity index (χ0v) is 16.4. The van der Waals surface area contributed by atoms with Gasteiger partial charge in [0.2, 0.25) is 10.0 Å². The summed E-state index contributed by atoms with van der Waals surface area (Å²) in [4.78, 5) is 0.263. The molecule has 0 spiro atoms. The molecule has 4 rings (SSSR count). The molecule has 0 saturated carbocycles. The van der Waals surface area contributed by atoms with Gasteiger partial charge in [-0.2, -0.15) is 9.40 Å². The molecular formula is C18H22ClN3O3S. The summed E-state index contributed by atoms with van der Waals surface area (Å²) in [7, 11) is -1.66. The SMILES string of the molecule is CC1Cc2cc(S(=O)(=O)N3CCC(c4cnn(C)c4)CC3)cc(Cl)c2O1. The Morgan fingerprint density at radius 3 is 2.65 bits per heavy atom. The molecule has 1 fully saturated rings. The van der Waals surface area contributed by atoms with Crippen molar-refractivity contribution in [2.45, 2.75) is 43.1 Å². The summed E-state index contributed by atoms with van der Waals surface area (Å²) in [5.74, 6) is 0.974. The van der Waals surface area contributed by atoms with Crippen LogP contribution in [0.3, 0.4) is 0 Å². The van der Waals surface area contributed by atoms with Gasteiger partial charge >= 0.3 is 0 Å². The summed E-state index contributed by atoms with van der Waals surface area (Å²) in [6, 6.07) is 3.23. The first kappa shape index (κ1) is 17.8. The number of benzene rings is 1. The van der Waals surface area contributed by atoms with Crippen molar-refractivity contribution < 1.29 is 13.2 Å². The highest BCUT2D eigenvalue weighted by Crippen LogP contribution is 2.39. The van der Waals surface area contributed by atoms with E-state index in [0.29, 0.717) is 36.2 Å². The second-order valence-corrected chi connectivity index (χ2v) is 9.50. The molecule has 140 valence electrons. The van der Waals surface area contributed by atoms with E-state index in [-0.39, 0.29) is 11.0 Å². The van der Waals surface area contributed by atoms with Crippen LogP contribution in [-0.4, -0.2) is 41.7 Å². The van der Waals surface area contributed by atoms with Gasteiger partial charge in [-0.3, -0.25) is 4.68 Å². The number of hydrogen-bond donors (Lipinski definition) is 0. The number of fused-ring (bicyclic) bond motifs is 1. The molecule has 3 heterocycles. The van der Waals surface area contributed by atoms with E-state index >= 15 is 0 Å². The Balaban J connectivity index is 1.53. The van der Waals surface area contributed by atoms with Gasteiger partial charge in [-0.1, -0.05) is 11.6 Å². The molecule has 1 unspecified atom stereocenters. The van der Waals surface area contributed by atoms with Crippen molar-refractivity contribution in [2.24, 2.45) is 7.05 Å². The maximum atomic E-state index is 13.1. The number of hydrogen-bond acceptors (Lipinski definition) is 4. The molecule has 1 saturated heterocycles. The monoisotopic (exact) mass is 395 g/mol. The van der Waals surface area contributed by atoms with Gasteiger partial charge in [0, 0.05) is 38.3 Å². The van der Waals surface area contributed by atoms with E-state index in [0.717, 1.165) is 18.4 Å². The smallest absolute Gasteiger partial charge is 0.243 e. The van der Waals surface area contributed by atoms with Crippen molar-refractivity contribution in [3.63, 3.8) is 0 Å². The third-order valence-corrected chi connectivity index (χ3v) is 7.37. The number of piperidine rings is 1. The average molecular weight is 396 g/mol. The average Bonchev–Trinajstić information content (AvgIpc) is 3.20. The summed E-state index contributed by atoms with van der Waals surface area (Å²) in [5, 5.41) is 4.59. The van der Waals surface area contributed by atoms with E-state index in [1.807, 2.05) is 26.4 Å². The molecule has 26 heavy (non-hydrogen) atoms. The highest BCUT2D eigenvalue weighted by molar-refractivity contribution is 7.89. The molecule has 0 bridgehead atoms. The van der Waals surface area contributed by atoms with Crippen molar-refractivity contribution in [1.29, 1.82) is 0 Å². The summed E-state index contributed by atoms with van der Waals surface area (Å²) in [6.45, 7) is 2.96. The molecule has 2 aliphatic heterocycles. The molecule has 1 aromatic heterocycles. The van der Waals surface area contributed by atoms with Gasteiger partial charge in [-0.05, 0) is 43.4 Å². The van der Waals surface area contributed by atoms with Gasteiger partial charge in [-0.15, -0.1) is 0 Å². The molecule has 0 aliphatic carbocycles. The fourth-order valence-electron chi connectivity index (χ4n) is 3.84. The van der Waals surface area contributed by atoms with Crippen molar-refractivity contribution >= 4 is 21.6 Å². The van der Waals surface area contributed by atoms with Crippen LogP contribution < -0.4 is 4.74 Å². The highest BCUT2D eigenvalue weighted by atomic mass is 35.5. The Kier molecular flexibility index (Phi) is 4.49. The van der Waals surface area contributed by atoms with Gasteiger partial charge in [0.25, 0.3) is 0 Å². The number of ether oxygens (including phenoxy) is 1. The predicted molar refractivity (Wildman–Crippen MR) is 99.2 cm³/mol. The number of rotatable bonds is 3. The lowest BCUT2D eigenvalue weighted by Crippen LogP contribution is -2.37. The van der Waals surface area contributed by atoms with E-state index in [4.69, 9.17) is 16.3 Å². The molecule has 0 amide bonds. The predicted octanol–water partition coefficient (Wildman–Crippen LogP) is 2.97. The van der Waals surface area contributed by atoms with Crippen LogP contribution in [0.1, 0.15) is 36.8 Å². The lowest BCUT2D eigenvalue weighted by atomic mass is 9.93. The van der Waals surface area contributed by atoms with E-state index < -0.39 is 10.0 Å². The van der Waals surface area contributed by atoms with Crippen molar-refractivity contribution in [2.75, 3.05) is 13.1 Å². The van der Waals surface area contributed by atoms with Crippen LogP contribution >= 0.6 is 11.6 Å². The molecule has 1 atom stereocenters. The molecule has 6 nitrogen and oxygen atoms in total. The summed E-state index contributed by atoms with van der Waals surface area (Å²) < 4.78 is 35.2. The number of aromatic nitrogens is 2. The molecule has 2 aliphatic rings. The zero-order chi connectivity index (χ0) is 18.5. The number of nitrogens with zero attached hydrogens (tertiary/aromatic N) is 3. The van der Waals surface area contributed by atoms with Crippen LogP contribution in [0.2, 0.25) is 5.02 Å². The standard InChI is InChI=1S/C18H22ClN3O3S/c1-12-7-14-8-16(9-17(19)18(14)25-12)26(23,24)22-5-3-13(4-6-22)15-10-20-21(2)11-15/h8-13H,3-7H2,1-2H3. The normalized spacial score (nSPS) is 21.6. The number of halogens is 1. The first-order valence-corrected chi connectivity index (χ1v) is 10.6. The topological polar surface area (TPSA) is 64.4 Å². The second kappa shape index (κ2) is 6.55. The first-order chi connectivity index (χ1) is 12.3. The molecule has 8 heteroatoms. The van der Waals surface area contributed by atoms with E-state index in [2.05, 4.69) is 5.10 Å². The lowest BCUT2D eigenvalue weighted by Gasteiger charge is -2.31. The van der Waals surface area contributed by atoms with E-state index in [1.165, 1.54) is 11.6 Å². The van der Waals surface area contributed by atoms with Gasteiger partial charge in [0.1, 0.15) is 11.9 Å². The van der Waals surface area contributed by atoms with Crippen LogP contribution in [-0.2, 0) is 23.5 Å². The molecule has 0 radical (unpaired) electrons. The Morgan fingerprint density at radius 1 is 1.27 bits per heavy atom. The van der Waals surface area contributed by atoms with Crippen LogP contribution in [0.15, 0.2) is 29.4 Å². The lowest BCUT2D eigenvalue weighted by molar-refractivity contribution is 0.255. The Morgan fingerprint density at radius 2 is 2.00 bits per heavy atom. The summed E-state index contributed by atoms with van der Waals surface area (Å²) in [5.41, 5.74) is 2.05. The van der Waals surface area contributed by atoms with Crippen molar-refractivity contribution in [3.05, 3.63) is 40.7 Å². The molecule has 2 aromatic rings. The fourth-order valence-corrected chi connectivity index (χ4v) is 5.73. The number of sulfonamides is 1. The van der Waals surface area contributed by atoms with E-state index in [9.17, 15) is 8.42 Å². The minimum absolute atomic E-state index is 0.0238. The summed E-state index contributed by atoms with van der Waals surface area (Å²) in [6.07, 6.45) is 6.18. The third kappa shape index (κ3) is 3.12. The molecular weight excluding hydrogens is 374 g/mol. The number of aryl methyl sites for hydroxylation is 1. The van der Waals surface area contributed by atoms with Gasteiger partial charge in [0.05, 0.1) is 16.1 Å². The van der Waals surface area contributed by atoms with Gasteiger partial charge in [-0.25, -0.2) is 8.42 Å². The Labute approximate surface area is 158 Å². The van der Waals surface area contributed by atoms with E-state index in [1.54, 1.807) is 15.1 Å². The van der Waals surface area contributed by atoms with Crippen LogP contribution in [0.5, 0.6) is 5.75 Å².